The van der Waals surface area contributed by atoms with Crippen molar-refractivity contribution in [1.29, 1.82) is 0 Å². The molecule has 0 aliphatic heterocycles. The first kappa shape index (κ1) is 22.1. The Morgan fingerprint density at radius 1 is 0.784 bits per heavy atom. The van der Waals surface area contributed by atoms with Crippen LogP contribution in [0.3, 0.4) is 0 Å². The molecular formula is C28H21N7O2. The highest BCUT2D eigenvalue weighted by molar-refractivity contribution is 6.07. The lowest BCUT2D eigenvalue weighted by Gasteiger charge is -2.08. The van der Waals surface area contributed by atoms with E-state index in [-0.39, 0.29) is 17.5 Å². The van der Waals surface area contributed by atoms with Crippen molar-refractivity contribution in [2.75, 3.05) is 16.4 Å². The molecule has 2 amide bonds. The molecule has 0 fully saturated rings. The number of nitrogens with one attached hydrogen (secondary N) is 3. The van der Waals surface area contributed by atoms with Crippen LogP contribution in [-0.2, 0) is 0 Å². The minimum absolute atomic E-state index is 0.179. The molecule has 180 valence electrons. The molecule has 0 saturated heterocycles. The fraction of sp³-hybridized carbons (Fsp3) is 0. The Hall–Kier alpha value is -5.44. The number of benzene rings is 3. The van der Waals surface area contributed by atoms with Crippen molar-refractivity contribution in [1.82, 2.24) is 19.7 Å². The second-order valence-electron chi connectivity index (χ2n) is 8.54. The first-order valence-electron chi connectivity index (χ1n) is 11.5. The minimum Gasteiger partial charge on any atom is -0.397 e. The highest BCUT2D eigenvalue weighted by atomic mass is 16.2. The topological polar surface area (TPSA) is 131 Å². The summed E-state index contributed by atoms with van der Waals surface area (Å²) in [4.78, 5) is 32.3. The summed E-state index contributed by atoms with van der Waals surface area (Å²) in [5.74, 6) is -0.499. The van der Waals surface area contributed by atoms with Gasteiger partial charge in [-0.25, -0.2) is 9.67 Å². The molecule has 3 aromatic heterocycles. The summed E-state index contributed by atoms with van der Waals surface area (Å²) < 4.78 is 1.80. The van der Waals surface area contributed by atoms with Crippen molar-refractivity contribution in [3.63, 3.8) is 0 Å². The molecule has 0 radical (unpaired) electrons. The summed E-state index contributed by atoms with van der Waals surface area (Å²) in [5.41, 5.74) is 11.0. The smallest absolute Gasteiger partial charge is 0.274 e. The van der Waals surface area contributed by atoms with E-state index in [1.807, 2.05) is 54.7 Å². The average Bonchev–Trinajstić information content (AvgIpc) is 3.56. The Labute approximate surface area is 210 Å². The third-order valence-electron chi connectivity index (χ3n) is 6.03. The number of pyridine rings is 1. The lowest BCUT2D eigenvalue weighted by molar-refractivity contribution is 0.101. The van der Waals surface area contributed by atoms with Gasteiger partial charge in [0.1, 0.15) is 5.69 Å². The van der Waals surface area contributed by atoms with Crippen LogP contribution in [0.1, 0.15) is 20.8 Å². The number of carbonyl (C=O) groups excluding carboxylic acids is 2. The first-order chi connectivity index (χ1) is 18.0. The third-order valence-corrected chi connectivity index (χ3v) is 6.03. The molecule has 9 nitrogen and oxygen atoms in total. The maximum Gasteiger partial charge on any atom is 0.274 e. The summed E-state index contributed by atoms with van der Waals surface area (Å²) in [6.45, 7) is 0. The van der Waals surface area contributed by atoms with Gasteiger partial charge >= 0.3 is 0 Å². The summed E-state index contributed by atoms with van der Waals surface area (Å²) in [6.07, 6.45) is 5.04. The van der Waals surface area contributed by atoms with Crippen LogP contribution in [0.5, 0.6) is 0 Å². The minimum atomic E-state index is -0.320. The van der Waals surface area contributed by atoms with Gasteiger partial charge in [0, 0.05) is 39.4 Å². The maximum atomic E-state index is 12.8. The van der Waals surface area contributed by atoms with Gasteiger partial charge < -0.3 is 21.4 Å². The molecule has 5 N–H and O–H groups in total. The average molecular weight is 488 g/mol. The van der Waals surface area contributed by atoms with Crippen molar-refractivity contribution in [3.8, 4) is 5.69 Å². The van der Waals surface area contributed by atoms with Crippen LogP contribution in [0.4, 0.5) is 17.1 Å². The second-order valence-corrected chi connectivity index (χ2v) is 8.54. The number of H-pyrrole nitrogens is 1. The van der Waals surface area contributed by atoms with E-state index in [4.69, 9.17) is 5.73 Å². The van der Waals surface area contributed by atoms with Crippen LogP contribution in [0.25, 0.3) is 27.5 Å². The molecule has 9 heteroatoms. The van der Waals surface area contributed by atoms with Gasteiger partial charge in [0.25, 0.3) is 11.8 Å². The van der Waals surface area contributed by atoms with E-state index >= 15 is 0 Å². The van der Waals surface area contributed by atoms with Crippen molar-refractivity contribution in [3.05, 3.63) is 109 Å². The van der Waals surface area contributed by atoms with Crippen LogP contribution in [0, 0.1) is 0 Å². The number of amides is 2. The maximum absolute atomic E-state index is 12.8. The van der Waals surface area contributed by atoms with Crippen molar-refractivity contribution in [2.45, 2.75) is 0 Å². The SMILES string of the molecule is Nc1ccc(C(=O)Nc2ccc(-n3ncc4cc(NC(=O)c5ccc6[nH]ccc6c5)ccc43)cc2)nc1. The molecule has 6 aromatic rings. The van der Waals surface area contributed by atoms with Crippen molar-refractivity contribution >= 4 is 50.7 Å². The number of fused-ring (bicyclic) bond motifs is 2. The van der Waals surface area contributed by atoms with Crippen LogP contribution in [0.15, 0.2) is 97.5 Å². The first-order valence-corrected chi connectivity index (χ1v) is 11.5. The molecule has 0 spiro atoms. The van der Waals surface area contributed by atoms with E-state index in [1.54, 1.807) is 41.2 Å². The van der Waals surface area contributed by atoms with Gasteiger partial charge in [-0.2, -0.15) is 5.10 Å². The van der Waals surface area contributed by atoms with Gasteiger partial charge in [-0.15, -0.1) is 0 Å². The molecule has 3 aromatic carbocycles. The van der Waals surface area contributed by atoms with Gasteiger partial charge in [-0.3, -0.25) is 9.59 Å². The largest absolute Gasteiger partial charge is 0.397 e. The Bertz CT molecular complexity index is 1770. The van der Waals surface area contributed by atoms with Crippen molar-refractivity contribution < 1.29 is 9.59 Å². The summed E-state index contributed by atoms with van der Waals surface area (Å²) in [7, 11) is 0. The zero-order valence-corrected chi connectivity index (χ0v) is 19.5. The summed E-state index contributed by atoms with van der Waals surface area (Å²) in [6, 6.07) is 23.7. The number of nitrogens with zero attached hydrogens (tertiary/aromatic N) is 3. The molecule has 0 aliphatic carbocycles. The number of carbonyl (C=O) groups is 2. The monoisotopic (exact) mass is 487 g/mol. The number of aromatic nitrogens is 4. The molecule has 6 rings (SSSR count). The molecule has 0 atom stereocenters. The van der Waals surface area contributed by atoms with Gasteiger partial charge in [0.2, 0.25) is 0 Å². The fourth-order valence-corrected chi connectivity index (χ4v) is 4.13. The number of hydrogen-bond acceptors (Lipinski definition) is 5. The van der Waals surface area contributed by atoms with Gasteiger partial charge in [0.05, 0.1) is 29.3 Å². The van der Waals surface area contributed by atoms with Gasteiger partial charge in [-0.1, -0.05) is 0 Å². The molecule has 0 saturated carbocycles. The highest BCUT2D eigenvalue weighted by Gasteiger charge is 2.11. The van der Waals surface area contributed by atoms with E-state index in [2.05, 4.69) is 25.7 Å². The van der Waals surface area contributed by atoms with E-state index < -0.39 is 0 Å². The zero-order chi connectivity index (χ0) is 25.4. The molecule has 0 aliphatic rings. The number of anilines is 3. The number of nitrogens with two attached hydrogens (primary N) is 1. The highest BCUT2D eigenvalue weighted by Crippen LogP contribution is 2.24. The number of nitrogen functional groups attached to an aromatic ring is 1. The normalized spacial score (nSPS) is 11.0. The van der Waals surface area contributed by atoms with Crippen LogP contribution in [0.2, 0.25) is 0 Å². The molecule has 3 heterocycles. The van der Waals surface area contributed by atoms with Crippen LogP contribution < -0.4 is 16.4 Å². The Morgan fingerprint density at radius 2 is 1.59 bits per heavy atom. The van der Waals surface area contributed by atoms with Crippen LogP contribution >= 0.6 is 0 Å². The summed E-state index contributed by atoms with van der Waals surface area (Å²) in [5, 5.41) is 12.2. The van der Waals surface area contributed by atoms with E-state index in [9.17, 15) is 9.59 Å². The Morgan fingerprint density at radius 3 is 2.41 bits per heavy atom. The Kier molecular flexibility index (Phi) is 5.35. The van der Waals surface area contributed by atoms with Crippen LogP contribution in [-0.4, -0.2) is 31.6 Å². The lowest BCUT2D eigenvalue weighted by atomic mass is 10.1. The van der Waals surface area contributed by atoms with E-state index in [0.29, 0.717) is 22.6 Å². The number of rotatable bonds is 5. The quantitative estimate of drug-likeness (QED) is 0.272. The Balaban J connectivity index is 1.18. The van der Waals surface area contributed by atoms with Gasteiger partial charge in [0.15, 0.2) is 0 Å². The summed E-state index contributed by atoms with van der Waals surface area (Å²) >= 11 is 0. The molecule has 37 heavy (non-hydrogen) atoms. The predicted octanol–water partition coefficient (Wildman–Crippen LogP) is 4.99. The van der Waals surface area contributed by atoms with E-state index in [0.717, 1.165) is 27.5 Å². The molecular weight excluding hydrogens is 466 g/mol. The zero-order valence-electron chi connectivity index (χ0n) is 19.5. The standard InChI is InChI=1S/C28H21N7O2/c29-20-2-9-25(31-16-20)28(37)33-21-3-6-23(7-4-21)35-26-10-5-22(14-19(26)15-32-35)34-27(36)18-1-8-24-17(13-18)11-12-30-24/h1-16,30H,29H2,(H,33,37)(H,34,36). The fourth-order valence-electron chi connectivity index (χ4n) is 4.13. The van der Waals surface area contributed by atoms with Crippen molar-refractivity contribution in [2.24, 2.45) is 0 Å². The third kappa shape index (κ3) is 4.37. The van der Waals surface area contributed by atoms with Gasteiger partial charge in [-0.05, 0) is 78.9 Å². The number of aromatic amines is 1. The second kappa shape index (κ2) is 8.97. The number of hydrogen-bond donors (Lipinski definition) is 4. The predicted molar refractivity (Wildman–Crippen MR) is 144 cm³/mol. The molecule has 0 unspecified atom stereocenters. The van der Waals surface area contributed by atoms with E-state index in [1.165, 1.54) is 6.20 Å². The molecule has 0 bridgehead atoms. The lowest BCUT2D eigenvalue weighted by Crippen LogP contribution is -2.13.